The van der Waals surface area contributed by atoms with Crippen molar-refractivity contribution in [1.29, 1.82) is 0 Å². The SMILES string of the molecule is c1cc(CNC2CC2)c2ccn(Cc3ccncc3)c2c1. The average Bonchev–Trinajstić information content (AvgIpc) is 3.27. The molecule has 1 fully saturated rings. The first-order valence-electron chi connectivity index (χ1n) is 7.59. The van der Waals surface area contributed by atoms with Crippen molar-refractivity contribution < 1.29 is 0 Å². The highest BCUT2D eigenvalue weighted by molar-refractivity contribution is 5.83. The number of nitrogens with zero attached hydrogens (tertiary/aromatic N) is 2. The molecule has 0 aliphatic heterocycles. The fourth-order valence-corrected chi connectivity index (χ4v) is 2.81. The maximum Gasteiger partial charge on any atom is 0.0486 e. The lowest BCUT2D eigenvalue weighted by atomic mass is 10.1. The van der Waals surface area contributed by atoms with Crippen molar-refractivity contribution >= 4 is 10.9 Å². The second-order valence-corrected chi connectivity index (χ2v) is 5.80. The van der Waals surface area contributed by atoms with Crippen LogP contribution in [0.25, 0.3) is 10.9 Å². The number of nitrogens with one attached hydrogen (secondary N) is 1. The van der Waals surface area contributed by atoms with Crippen molar-refractivity contribution in [2.45, 2.75) is 32.0 Å². The molecule has 3 aromatic rings. The monoisotopic (exact) mass is 277 g/mol. The van der Waals surface area contributed by atoms with Gasteiger partial charge in [0.05, 0.1) is 0 Å². The first kappa shape index (κ1) is 12.6. The number of benzene rings is 1. The maximum absolute atomic E-state index is 4.08. The highest BCUT2D eigenvalue weighted by Gasteiger charge is 2.20. The summed E-state index contributed by atoms with van der Waals surface area (Å²) in [6, 6.07) is 13.7. The summed E-state index contributed by atoms with van der Waals surface area (Å²) in [5, 5.41) is 4.97. The summed E-state index contributed by atoms with van der Waals surface area (Å²) in [6.07, 6.45) is 8.56. The molecule has 0 amide bonds. The van der Waals surface area contributed by atoms with Crippen LogP contribution in [0.1, 0.15) is 24.0 Å². The van der Waals surface area contributed by atoms with Gasteiger partial charge in [0.1, 0.15) is 0 Å². The highest BCUT2D eigenvalue weighted by Crippen LogP contribution is 2.23. The van der Waals surface area contributed by atoms with Gasteiger partial charge in [-0.2, -0.15) is 0 Å². The van der Waals surface area contributed by atoms with E-state index in [0.717, 1.165) is 19.1 Å². The van der Waals surface area contributed by atoms with Crippen molar-refractivity contribution in [3.05, 3.63) is 66.1 Å². The van der Waals surface area contributed by atoms with E-state index in [4.69, 9.17) is 0 Å². The van der Waals surface area contributed by atoms with E-state index < -0.39 is 0 Å². The second-order valence-electron chi connectivity index (χ2n) is 5.80. The largest absolute Gasteiger partial charge is 0.343 e. The predicted octanol–water partition coefficient (Wildman–Crippen LogP) is 3.34. The van der Waals surface area contributed by atoms with E-state index in [1.807, 2.05) is 12.4 Å². The van der Waals surface area contributed by atoms with Crippen LogP contribution in [0.5, 0.6) is 0 Å². The Hall–Kier alpha value is -2.13. The Labute approximate surface area is 124 Å². The van der Waals surface area contributed by atoms with Crippen LogP contribution >= 0.6 is 0 Å². The van der Waals surface area contributed by atoms with Crippen LogP contribution < -0.4 is 5.32 Å². The standard InChI is InChI=1S/C18H19N3/c1-2-15(12-20-16-4-5-16)17-8-11-21(18(17)3-1)13-14-6-9-19-10-7-14/h1-3,6-11,16,20H,4-5,12-13H2. The van der Waals surface area contributed by atoms with E-state index in [2.05, 4.69) is 57.5 Å². The zero-order valence-corrected chi connectivity index (χ0v) is 12.0. The third kappa shape index (κ3) is 2.69. The van der Waals surface area contributed by atoms with E-state index in [0.29, 0.717) is 0 Å². The Morgan fingerprint density at radius 3 is 2.76 bits per heavy atom. The number of aromatic nitrogens is 2. The molecule has 0 spiro atoms. The molecule has 1 N–H and O–H groups in total. The minimum Gasteiger partial charge on any atom is -0.343 e. The van der Waals surface area contributed by atoms with Crippen LogP contribution in [-0.2, 0) is 13.1 Å². The summed E-state index contributed by atoms with van der Waals surface area (Å²) in [5.41, 5.74) is 3.98. The van der Waals surface area contributed by atoms with E-state index in [-0.39, 0.29) is 0 Å². The molecule has 2 aromatic heterocycles. The molecule has 2 heterocycles. The van der Waals surface area contributed by atoms with Gasteiger partial charge >= 0.3 is 0 Å². The molecule has 1 saturated carbocycles. The van der Waals surface area contributed by atoms with Gasteiger partial charge in [-0.1, -0.05) is 12.1 Å². The number of hydrogen-bond donors (Lipinski definition) is 1. The molecule has 3 heteroatoms. The minimum absolute atomic E-state index is 0.749. The summed E-state index contributed by atoms with van der Waals surface area (Å²) in [5.74, 6) is 0. The molecule has 21 heavy (non-hydrogen) atoms. The Kier molecular flexibility index (Phi) is 3.20. The van der Waals surface area contributed by atoms with Gasteiger partial charge in [-0.25, -0.2) is 0 Å². The zero-order valence-electron chi connectivity index (χ0n) is 12.0. The van der Waals surface area contributed by atoms with Crippen LogP contribution in [0.2, 0.25) is 0 Å². The van der Waals surface area contributed by atoms with E-state index in [1.54, 1.807) is 0 Å². The molecular formula is C18H19N3. The van der Waals surface area contributed by atoms with E-state index >= 15 is 0 Å². The van der Waals surface area contributed by atoms with Gasteiger partial charge in [0.15, 0.2) is 0 Å². The lowest BCUT2D eigenvalue weighted by molar-refractivity contribution is 0.691. The average molecular weight is 277 g/mol. The summed E-state index contributed by atoms with van der Waals surface area (Å²) >= 11 is 0. The number of hydrogen-bond acceptors (Lipinski definition) is 2. The lowest BCUT2D eigenvalue weighted by Crippen LogP contribution is -2.15. The maximum atomic E-state index is 4.08. The van der Waals surface area contributed by atoms with Crippen molar-refractivity contribution in [2.24, 2.45) is 0 Å². The van der Waals surface area contributed by atoms with Crippen molar-refractivity contribution in [1.82, 2.24) is 14.9 Å². The molecule has 4 rings (SSSR count). The Morgan fingerprint density at radius 2 is 1.95 bits per heavy atom. The number of rotatable bonds is 5. The number of pyridine rings is 1. The molecule has 1 aliphatic rings. The smallest absolute Gasteiger partial charge is 0.0486 e. The molecule has 0 unspecified atom stereocenters. The molecule has 0 radical (unpaired) electrons. The molecule has 106 valence electrons. The molecule has 3 nitrogen and oxygen atoms in total. The zero-order chi connectivity index (χ0) is 14.1. The Balaban J connectivity index is 1.63. The highest BCUT2D eigenvalue weighted by atomic mass is 15.0. The van der Waals surface area contributed by atoms with Crippen LogP contribution in [0.15, 0.2) is 55.0 Å². The van der Waals surface area contributed by atoms with Gasteiger partial charge in [0, 0.05) is 48.6 Å². The van der Waals surface area contributed by atoms with Gasteiger partial charge in [0.25, 0.3) is 0 Å². The molecule has 0 saturated heterocycles. The third-order valence-corrected chi connectivity index (χ3v) is 4.16. The van der Waals surface area contributed by atoms with Gasteiger partial charge < -0.3 is 9.88 Å². The Bertz CT molecular complexity index is 742. The quantitative estimate of drug-likeness (QED) is 0.775. The minimum atomic E-state index is 0.749. The van der Waals surface area contributed by atoms with Crippen molar-refractivity contribution in [3.8, 4) is 0 Å². The van der Waals surface area contributed by atoms with Crippen molar-refractivity contribution in [2.75, 3.05) is 0 Å². The molecule has 1 aromatic carbocycles. The second kappa shape index (κ2) is 5.34. The predicted molar refractivity (Wildman–Crippen MR) is 85.1 cm³/mol. The molecule has 1 aliphatic carbocycles. The fourth-order valence-electron chi connectivity index (χ4n) is 2.81. The summed E-state index contributed by atoms with van der Waals surface area (Å²) in [7, 11) is 0. The van der Waals surface area contributed by atoms with Crippen molar-refractivity contribution in [3.63, 3.8) is 0 Å². The van der Waals surface area contributed by atoms with Crippen LogP contribution in [-0.4, -0.2) is 15.6 Å². The molecule has 0 atom stereocenters. The van der Waals surface area contributed by atoms with Crippen LogP contribution in [0.4, 0.5) is 0 Å². The summed E-state index contributed by atoms with van der Waals surface area (Å²) in [4.78, 5) is 4.08. The van der Waals surface area contributed by atoms with Gasteiger partial charge in [-0.15, -0.1) is 0 Å². The van der Waals surface area contributed by atoms with Crippen LogP contribution in [0, 0.1) is 0 Å². The first-order chi connectivity index (χ1) is 10.4. The van der Waals surface area contributed by atoms with Gasteiger partial charge in [-0.05, 0) is 48.2 Å². The molecule has 0 bridgehead atoms. The first-order valence-corrected chi connectivity index (χ1v) is 7.59. The van der Waals surface area contributed by atoms with Crippen LogP contribution in [0.3, 0.4) is 0 Å². The normalized spacial score (nSPS) is 14.7. The third-order valence-electron chi connectivity index (χ3n) is 4.16. The summed E-state index contributed by atoms with van der Waals surface area (Å²) in [6.45, 7) is 1.87. The fraction of sp³-hybridized carbons (Fsp3) is 0.278. The number of fused-ring (bicyclic) bond motifs is 1. The van der Waals surface area contributed by atoms with Gasteiger partial charge in [0.2, 0.25) is 0 Å². The topological polar surface area (TPSA) is 29.9 Å². The molecular weight excluding hydrogens is 258 g/mol. The van der Waals surface area contributed by atoms with E-state index in [1.165, 1.54) is 34.9 Å². The Morgan fingerprint density at radius 1 is 1.10 bits per heavy atom. The van der Waals surface area contributed by atoms with Gasteiger partial charge in [-0.3, -0.25) is 4.98 Å². The summed E-state index contributed by atoms with van der Waals surface area (Å²) < 4.78 is 2.31. The van der Waals surface area contributed by atoms with E-state index in [9.17, 15) is 0 Å². The lowest BCUT2D eigenvalue weighted by Gasteiger charge is -2.08.